The van der Waals surface area contributed by atoms with E-state index in [1.165, 1.54) is 5.56 Å². The summed E-state index contributed by atoms with van der Waals surface area (Å²) in [6.07, 6.45) is 0. The number of nitrogens with two attached hydrogens (primary N) is 1. The molecule has 2 nitrogen and oxygen atoms in total. The maximum Gasteiger partial charge on any atom is 0.0768 e. The Labute approximate surface area is 111 Å². The molecule has 88 valence electrons. The molecule has 4 heteroatoms. The third-order valence-electron chi connectivity index (χ3n) is 2.44. The van der Waals surface area contributed by atoms with E-state index in [9.17, 15) is 0 Å². The molecular formula is C12H17BrN2S. The first-order valence-electron chi connectivity index (χ1n) is 5.21. The second kappa shape index (κ2) is 6.33. The predicted molar refractivity (Wildman–Crippen MR) is 76.4 cm³/mol. The summed E-state index contributed by atoms with van der Waals surface area (Å²) in [6, 6.07) is 8.35. The Morgan fingerprint density at radius 3 is 2.50 bits per heavy atom. The quantitative estimate of drug-likeness (QED) is 0.848. The van der Waals surface area contributed by atoms with Crippen LogP contribution in [0.4, 0.5) is 0 Å². The van der Waals surface area contributed by atoms with Gasteiger partial charge in [-0.3, -0.25) is 0 Å². The van der Waals surface area contributed by atoms with Gasteiger partial charge in [-0.2, -0.15) is 0 Å². The summed E-state index contributed by atoms with van der Waals surface area (Å²) in [5.41, 5.74) is 6.89. The van der Waals surface area contributed by atoms with Crippen LogP contribution in [-0.4, -0.2) is 23.5 Å². The summed E-state index contributed by atoms with van der Waals surface area (Å²) in [7, 11) is 2.08. The van der Waals surface area contributed by atoms with E-state index in [4.69, 9.17) is 18.0 Å². The molecule has 0 bridgehead atoms. The van der Waals surface area contributed by atoms with E-state index in [2.05, 4.69) is 59.1 Å². The molecule has 1 unspecified atom stereocenters. The van der Waals surface area contributed by atoms with E-state index in [-0.39, 0.29) is 5.92 Å². The van der Waals surface area contributed by atoms with Crippen LogP contribution in [0.2, 0.25) is 0 Å². The van der Waals surface area contributed by atoms with Crippen molar-refractivity contribution in [1.82, 2.24) is 4.90 Å². The van der Waals surface area contributed by atoms with Crippen LogP contribution < -0.4 is 5.73 Å². The fourth-order valence-electron chi connectivity index (χ4n) is 1.52. The molecule has 0 saturated carbocycles. The van der Waals surface area contributed by atoms with Crippen molar-refractivity contribution in [1.29, 1.82) is 0 Å². The van der Waals surface area contributed by atoms with Crippen LogP contribution >= 0.6 is 28.1 Å². The standard InChI is InChI=1S/C12H17BrN2S/c1-9(12(14)16)7-15(2)8-10-3-5-11(13)6-4-10/h3-6,9H,7-8H2,1-2H3,(H2,14,16). The lowest BCUT2D eigenvalue weighted by Gasteiger charge is -2.20. The van der Waals surface area contributed by atoms with Gasteiger partial charge in [0, 0.05) is 23.5 Å². The van der Waals surface area contributed by atoms with Gasteiger partial charge in [0.2, 0.25) is 0 Å². The van der Waals surface area contributed by atoms with Crippen LogP contribution in [0.5, 0.6) is 0 Å². The number of hydrogen-bond acceptors (Lipinski definition) is 2. The fraction of sp³-hybridized carbons (Fsp3) is 0.417. The number of nitrogens with zero attached hydrogens (tertiary/aromatic N) is 1. The maximum atomic E-state index is 5.60. The highest BCUT2D eigenvalue weighted by atomic mass is 79.9. The normalized spacial score (nSPS) is 12.8. The van der Waals surface area contributed by atoms with Gasteiger partial charge in [0.15, 0.2) is 0 Å². The molecule has 0 aliphatic heterocycles. The number of halogens is 1. The van der Waals surface area contributed by atoms with Gasteiger partial charge >= 0.3 is 0 Å². The Balaban J connectivity index is 2.48. The highest BCUT2D eigenvalue weighted by Crippen LogP contribution is 2.12. The molecule has 1 rings (SSSR count). The third kappa shape index (κ3) is 4.60. The molecule has 0 radical (unpaired) electrons. The summed E-state index contributed by atoms with van der Waals surface area (Å²) < 4.78 is 1.11. The average Bonchev–Trinajstić information content (AvgIpc) is 2.21. The van der Waals surface area contributed by atoms with Gasteiger partial charge < -0.3 is 10.6 Å². The van der Waals surface area contributed by atoms with Gasteiger partial charge in [-0.05, 0) is 24.7 Å². The lowest BCUT2D eigenvalue weighted by Crippen LogP contribution is -2.31. The Kier molecular flexibility index (Phi) is 5.38. The largest absolute Gasteiger partial charge is 0.393 e. The van der Waals surface area contributed by atoms with Crippen molar-refractivity contribution in [3.63, 3.8) is 0 Å². The zero-order chi connectivity index (χ0) is 12.1. The number of benzene rings is 1. The molecule has 0 heterocycles. The zero-order valence-electron chi connectivity index (χ0n) is 9.61. The monoisotopic (exact) mass is 300 g/mol. The van der Waals surface area contributed by atoms with Crippen molar-refractivity contribution in [2.24, 2.45) is 11.7 Å². The molecule has 0 saturated heterocycles. The molecule has 0 fully saturated rings. The van der Waals surface area contributed by atoms with E-state index in [0.29, 0.717) is 4.99 Å². The molecule has 1 atom stereocenters. The fourth-order valence-corrected chi connectivity index (χ4v) is 1.86. The second-order valence-corrected chi connectivity index (χ2v) is 5.51. The van der Waals surface area contributed by atoms with Crippen molar-refractivity contribution < 1.29 is 0 Å². The maximum absolute atomic E-state index is 5.60. The number of hydrogen-bond donors (Lipinski definition) is 1. The zero-order valence-corrected chi connectivity index (χ0v) is 12.0. The third-order valence-corrected chi connectivity index (χ3v) is 3.37. The van der Waals surface area contributed by atoms with E-state index < -0.39 is 0 Å². The molecule has 0 spiro atoms. The minimum Gasteiger partial charge on any atom is -0.393 e. The lowest BCUT2D eigenvalue weighted by molar-refractivity contribution is 0.307. The van der Waals surface area contributed by atoms with Gasteiger partial charge in [0.05, 0.1) is 4.99 Å². The van der Waals surface area contributed by atoms with Crippen molar-refractivity contribution in [3.05, 3.63) is 34.3 Å². The summed E-state index contributed by atoms with van der Waals surface area (Å²) in [5.74, 6) is 0.260. The lowest BCUT2D eigenvalue weighted by atomic mass is 10.1. The number of thiocarbonyl (C=S) groups is 1. The van der Waals surface area contributed by atoms with Crippen LogP contribution in [0, 0.1) is 5.92 Å². The average molecular weight is 301 g/mol. The van der Waals surface area contributed by atoms with Crippen LogP contribution in [-0.2, 0) is 6.54 Å². The summed E-state index contributed by atoms with van der Waals surface area (Å²) in [5, 5.41) is 0. The van der Waals surface area contributed by atoms with Crippen molar-refractivity contribution in [2.45, 2.75) is 13.5 Å². The molecule has 0 aliphatic rings. The first-order valence-corrected chi connectivity index (χ1v) is 6.41. The van der Waals surface area contributed by atoms with E-state index in [1.807, 2.05) is 0 Å². The van der Waals surface area contributed by atoms with Crippen molar-refractivity contribution in [3.8, 4) is 0 Å². The minimum absolute atomic E-state index is 0.260. The van der Waals surface area contributed by atoms with Crippen LogP contribution in [0.1, 0.15) is 12.5 Å². The minimum atomic E-state index is 0.260. The van der Waals surface area contributed by atoms with Crippen molar-refractivity contribution in [2.75, 3.05) is 13.6 Å². The summed E-state index contributed by atoms with van der Waals surface area (Å²) in [6.45, 7) is 3.87. The second-order valence-electron chi connectivity index (χ2n) is 4.13. The van der Waals surface area contributed by atoms with E-state index in [1.54, 1.807) is 0 Å². The van der Waals surface area contributed by atoms with Crippen LogP contribution in [0.15, 0.2) is 28.7 Å². The first kappa shape index (κ1) is 13.6. The summed E-state index contributed by atoms with van der Waals surface area (Å²) >= 11 is 8.39. The Morgan fingerprint density at radius 1 is 1.44 bits per heavy atom. The highest BCUT2D eigenvalue weighted by Gasteiger charge is 2.08. The Morgan fingerprint density at radius 2 is 2.00 bits per heavy atom. The topological polar surface area (TPSA) is 29.3 Å². The molecule has 0 aliphatic carbocycles. The molecule has 16 heavy (non-hydrogen) atoms. The van der Waals surface area contributed by atoms with Crippen molar-refractivity contribution >= 4 is 33.1 Å². The molecule has 0 aromatic heterocycles. The SMILES string of the molecule is CC(CN(C)Cc1ccc(Br)cc1)C(N)=S. The smallest absolute Gasteiger partial charge is 0.0768 e. The predicted octanol–water partition coefficient (Wildman–Crippen LogP) is 2.80. The molecule has 1 aromatic carbocycles. The van der Waals surface area contributed by atoms with Gasteiger partial charge in [0.1, 0.15) is 0 Å². The summed E-state index contributed by atoms with van der Waals surface area (Å²) in [4.78, 5) is 2.82. The first-order chi connectivity index (χ1) is 7.49. The Bertz CT molecular complexity index is 351. The van der Waals surface area contributed by atoms with Crippen LogP contribution in [0.25, 0.3) is 0 Å². The molecule has 2 N–H and O–H groups in total. The number of rotatable bonds is 5. The van der Waals surface area contributed by atoms with Gasteiger partial charge in [-0.1, -0.05) is 47.2 Å². The molecule has 1 aromatic rings. The van der Waals surface area contributed by atoms with Gasteiger partial charge in [0.25, 0.3) is 0 Å². The van der Waals surface area contributed by atoms with Gasteiger partial charge in [-0.25, -0.2) is 0 Å². The van der Waals surface area contributed by atoms with Gasteiger partial charge in [-0.15, -0.1) is 0 Å². The highest BCUT2D eigenvalue weighted by molar-refractivity contribution is 9.10. The molecular weight excluding hydrogens is 284 g/mol. The van der Waals surface area contributed by atoms with E-state index >= 15 is 0 Å². The molecule has 0 amide bonds. The Hall–Kier alpha value is -0.450. The van der Waals surface area contributed by atoms with Crippen LogP contribution in [0.3, 0.4) is 0 Å². The van der Waals surface area contributed by atoms with E-state index in [0.717, 1.165) is 17.6 Å².